The number of Topliss-reactive ketones (excluding diaryl/α,β-unsaturated/α-hetero) is 2. The number of carbonyl (C=O) groups excluding carboxylic acids is 2. The molecule has 2 saturated carbocycles. The average Bonchev–Trinajstić information content (AvgIpc) is 0.751. The number of fused-ring (bicyclic) bond motifs is 2. The molecule has 23 nitrogen and oxygen atoms in total. The number of hydrogen-bond donors (Lipinski definition) is 4. The van der Waals surface area contributed by atoms with Gasteiger partial charge in [-0.15, -0.1) is 18.7 Å². The van der Waals surface area contributed by atoms with Crippen molar-refractivity contribution in [2.75, 3.05) is 33.9 Å². The normalized spacial score (nSPS) is 16.0. The van der Waals surface area contributed by atoms with Crippen LogP contribution in [-0.4, -0.2) is 70.6 Å². The summed E-state index contributed by atoms with van der Waals surface area (Å²) in [5, 5.41) is 59.1. The van der Waals surface area contributed by atoms with Gasteiger partial charge in [-0.3, -0.25) is 29.8 Å². The molecule has 4 atom stereocenters. The molecule has 0 amide bonds. The van der Waals surface area contributed by atoms with E-state index in [1.807, 2.05) is 43.3 Å². The zero-order valence-corrected chi connectivity index (χ0v) is 69.0. The monoisotopic (exact) mass is 1550 g/mol. The van der Waals surface area contributed by atoms with Gasteiger partial charge in [0.05, 0.1) is 51.4 Å². The molecule has 4 unspecified atom stereocenters. The molecule has 4 aliphatic carbocycles. The Morgan fingerprint density at radius 2 is 1.24 bits per heavy atom. The number of benzene rings is 8. The quantitative estimate of drug-likeness (QED) is 0.00975. The van der Waals surface area contributed by atoms with Crippen molar-refractivity contribution >= 4 is 107 Å². The molecule has 107 heavy (non-hydrogen) atoms. The van der Waals surface area contributed by atoms with E-state index in [9.17, 15) is 48.3 Å². The fourth-order valence-corrected chi connectivity index (χ4v) is 14.3. The summed E-state index contributed by atoms with van der Waals surface area (Å²) in [5.41, 5.74) is 12.6. The molecule has 0 aromatic heterocycles. The number of aliphatic hydroxyl groups excluding tert-OH is 1. The minimum atomic E-state index is -4.79. The molecule has 8 aromatic rings. The summed E-state index contributed by atoms with van der Waals surface area (Å²) in [5.74, 6) is -1.60. The molecular weight excluding hydrogens is 1480 g/mol. The van der Waals surface area contributed by atoms with Gasteiger partial charge in [0.2, 0.25) is 0 Å². The van der Waals surface area contributed by atoms with Crippen molar-refractivity contribution in [1.82, 2.24) is 0 Å². The number of nitro benzene ring substituents is 1. The number of para-hydroxylation sites is 1. The molecule has 0 bridgehead atoms. The van der Waals surface area contributed by atoms with Crippen molar-refractivity contribution in [3.05, 3.63) is 291 Å². The number of anilines is 6. The van der Waals surface area contributed by atoms with Crippen LogP contribution < -0.4 is 120 Å². The number of aliphatic hydroxyl groups is 1. The Kier molecular flexibility index (Phi) is 36.4. The number of nitro groups is 1. The van der Waals surface area contributed by atoms with Crippen LogP contribution in [0.4, 0.5) is 39.8 Å². The zero-order valence-electron chi connectivity index (χ0n) is 59.8. The number of rotatable bonds is 23. The second kappa shape index (κ2) is 43.9. The summed E-state index contributed by atoms with van der Waals surface area (Å²) < 4.78 is 72.2. The van der Waals surface area contributed by atoms with E-state index in [0.717, 1.165) is 127 Å². The Bertz CT molecular complexity index is 4770. The Balaban J connectivity index is 0.000000256. The van der Waals surface area contributed by atoms with Crippen LogP contribution in [0.15, 0.2) is 256 Å². The molecule has 0 radical (unpaired) electrons. The molecular formula is C77H73N6Na3O17S4. The van der Waals surface area contributed by atoms with Gasteiger partial charge >= 0.3 is 99.3 Å². The molecule has 30 heteroatoms. The standard InChI is InChI=1S/C37H36N2O6S2.C21H22NO3.C19H17N3O5S.3Na.O3S/c1-3-38(26-28-11-7-5-8-12-28)32-19-15-30(16-20-32)37(35-24-23-34(46-44-42-40)25-36(35)47-45-43-41)31-17-21-33(22-18-31)39(4-2)27-29-13-9-6-10-14-29;1-12-6-8-13(9-7-12)22-16-10-11-17(23)19-18(16)20(24)14-4-2-3-5-15(14)21(19)25;1-13-7-9-16(18(11-13)22(23)24)21-15-8-10-17(19(12-15)28(25,26)27)20-14-5-3-2-4-6-14;;;;1-4(2)3/h5-25H,3-4,26-27H2,1-2H3,(H-,40,41);6-8,10-11,14-15,18-19,22-23H,2-5H2,1H3;2-12,20-21H,1H3,(H,25,26,27);;;;/q;-1;;3*+1;/p-2. The SMILES string of the molecule is CCN(Cc1ccccc1)c1ccc(C(=C2C=CC(=[N+](CC)Cc3ccccc3)C=C2)c2ccc(SOO[O-])cc2SOO[O-])cc1.Cc1c[c-]c(NC2=CC=C(O)C3C(=O)C4CCCCC4C(=O)C23)cc1.Cc1ccc(Nc2ccc(Nc3ccccc3)c(S(=O)(=O)[O-])c2)c([N+](=O)[O-])c1.O=S(=O)=O.[Na+].[Na+].[Na+]. The summed E-state index contributed by atoms with van der Waals surface area (Å²) in [6.07, 6.45) is 15.3. The van der Waals surface area contributed by atoms with Gasteiger partial charge in [-0.25, -0.2) is 13.0 Å². The zero-order chi connectivity index (χ0) is 74.3. The smallest absolute Gasteiger partial charge is 0.744 e. The van der Waals surface area contributed by atoms with Crippen molar-refractivity contribution in [2.45, 2.75) is 81.2 Å². The summed E-state index contributed by atoms with van der Waals surface area (Å²) >= 11 is 1.53. The first-order valence-electron chi connectivity index (χ1n) is 32.9. The van der Waals surface area contributed by atoms with Gasteiger partial charge in [-0.05, 0) is 152 Å². The van der Waals surface area contributed by atoms with Crippen molar-refractivity contribution in [2.24, 2.45) is 23.7 Å². The van der Waals surface area contributed by atoms with Gasteiger partial charge in [0, 0.05) is 81.3 Å². The van der Waals surface area contributed by atoms with E-state index >= 15 is 0 Å². The number of hydrogen-bond acceptors (Lipinski definition) is 23. The van der Waals surface area contributed by atoms with Crippen LogP contribution >= 0.6 is 24.1 Å². The maximum atomic E-state index is 13.2. The second-order valence-electron chi connectivity index (χ2n) is 24.2. The predicted molar refractivity (Wildman–Crippen MR) is 392 cm³/mol. The number of nitrogens with zero attached hydrogens (tertiary/aromatic N) is 3. The van der Waals surface area contributed by atoms with E-state index in [1.54, 1.807) is 67.6 Å². The molecule has 0 saturated heterocycles. The molecule has 4 aliphatic rings. The topological polar surface area (TPSA) is 331 Å². The first-order valence-corrected chi connectivity index (χ1v) is 36.8. The van der Waals surface area contributed by atoms with Gasteiger partial charge in [0.25, 0.3) is 5.69 Å². The summed E-state index contributed by atoms with van der Waals surface area (Å²) in [6.45, 7) is 11.3. The van der Waals surface area contributed by atoms with E-state index in [1.165, 1.54) is 35.4 Å². The van der Waals surface area contributed by atoms with Gasteiger partial charge in [0.1, 0.15) is 39.7 Å². The van der Waals surface area contributed by atoms with Crippen LogP contribution in [0.2, 0.25) is 0 Å². The van der Waals surface area contributed by atoms with Crippen LogP contribution in [-0.2, 0) is 62.1 Å². The number of allylic oxidation sites excluding steroid dienone is 9. The first kappa shape index (κ1) is 88.8. The van der Waals surface area contributed by atoms with Gasteiger partial charge < -0.3 is 41.0 Å². The number of ketones is 2. The molecule has 12 rings (SSSR count). The molecule has 8 aromatic carbocycles. The molecule has 0 spiro atoms. The minimum Gasteiger partial charge on any atom is -0.744 e. The van der Waals surface area contributed by atoms with Crippen molar-refractivity contribution < 1.29 is 168 Å². The van der Waals surface area contributed by atoms with E-state index in [2.05, 4.69) is 157 Å². The van der Waals surface area contributed by atoms with E-state index in [0.29, 0.717) is 26.7 Å². The Hall–Kier alpha value is -7.14. The van der Waals surface area contributed by atoms with Gasteiger partial charge in [-0.2, -0.15) is 32.4 Å². The van der Waals surface area contributed by atoms with E-state index in [4.69, 9.17) is 17.0 Å². The third-order valence-corrected chi connectivity index (χ3v) is 19.6. The van der Waals surface area contributed by atoms with Gasteiger partial charge in [-0.1, -0.05) is 129 Å². The van der Waals surface area contributed by atoms with E-state index < -0.39 is 42.4 Å². The Morgan fingerprint density at radius 3 is 1.82 bits per heavy atom. The number of aryl methyl sites for hydroxylation is 2. The molecule has 0 aliphatic heterocycles. The summed E-state index contributed by atoms with van der Waals surface area (Å²) in [4.78, 5) is 39.9. The summed E-state index contributed by atoms with van der Waals surface area (Å²) in [7, 11) is -7.90. The van der Waals surface area contributed by atoms with Crippen LogP contribution in [0.1, 0.15) is 72.9 Å². The minimum absolute atomic E-state index is 0. The fourth-order valence-electron chi connectivity index (χ4n) is 12.6. The Labute approximate surface area is 697 Å². The van der Waals surface area contributed by atoms with Crippen molar-refractivity contribution in [3.63, 3.8) is 0 Å². The molecule has 540 valence electrons. The second-order valence-corrected chi connectivity index (χ2v) is 27.5. The molecule has 2 fully saturated rings. The first-order chi connectivity index (χ1) is 50.2. The fraction of sp³-hybridized carbons (Fsp3) is 0.208. The number of nitrogens with one attached hydrogen (secondary N) is 3. The maximum absolute atomic E-state index is 13.2. The Morgan fingerprint density at radius 1 is 0.664 bits per heavy atom. The van der Waals surface area contributed by atoms with Crippen LogP contribution in [0.5, 0.6) is 0 Å². The third kappa shape index (κ3) is 25.2. The van der Waals surface area contributed by atoms with Gasteiger partial charge in [0.15, 0.2) is 12.3 Å². The molecule has 4 N–H and O–H groups in total. The van der Waals surface area contributed by atoms with Crippen LogP contribution in [0, 0.1) is 53.7 Å². The number of carbonyl (C=O) groups is 2. The van der Waals surface area contributed by atoms with Crippen LogP contribution in [0.25, 0.3) is 5.57 Å². The predicted octanol–water partition coefficient (Wildman–Crippen LogP) is 4.82. The van der Waals surface area contributed by atoms with Crippen LogP contribution in [0.3, 0.4) is 0 Å². The molecule has 0 heterocycles. The third-order valence-electron chi connectivity index (χ3n) is 17.5. The van der Waals surface area contributed by atoms with Crippen molar-refractivity contribution in [1.29, 1.82) is 0 Å². The summed E-state index contributed by atoms with van der Waals surface area (Å²) in [6, 6.07) is 61.1. The maximum Gasteiger partial charge on any atom is 1.00 e. The average molecular weight is 1550 g/mol. The van der Waals surface area contributed by atoms with E-state index in [-0.39, 0.29) is 141 Å². The largest absolute Gasteiger partial charge is 1.00 e. The van der Waals surface area contributed by atoms with Crippen molar-refractivity contribution in [3.8, 4) is 0 Å².